The molecule has 0 bridgehead atoms. The zero-order valence-corrected chi connectivity index (χ0v) is 19.0. The molecule has 1 aliphatic rings. The Kier molecular flexibility index (Phi) is 8.54. The fourth-order valence-corrected chi connectivity index (χ4v) is 3.36. The maximum Gasteiger partial charge on any atom is 0.258 e. The first-order chi connectivity index (χ1) is 15.0. The van der Waals surface area contributed by atoms with E-state index in [4.69, 9.17) is 17.0 Å². The van der Waals surface area contributed by atoms with Gasteiger partial charge in [-0.2, -0.15) is 0 Å². The minimum absolute atomic E-state index is 0.201. The number of piperazine rings is 1. The normalized spacial score (nSPS) is 14.2. The highest BCUT2D eigenvalue weighted by molar-refractivity contribution is 7.80. The summed E-state index contributed by atoms with van der Waals surface area (Å²) in [7, 11) is 2.11. The molecule has 1 fully saturated rings. The van der Waals surface area contributed by atoms with Crippen LogP contribution in [0.25, 0.3) is 0 Å². The fourth-order valence-electron chi connectivity index (χ4n) is 3.15. The molecule has 0 spiro atoms. The van der Waals surface area contributed by atoms with Crippen LogP contribution in [0.3, 0.4) is 0 Å². The monoisotopic (exact) mass is 442 g/mol. The Bertz CT molecular complexity index is 851. The molecule has 2 aromatic heterocycles. The lowest BCUT2D eigenvalue weighted by molar-refractivity contribution is 0.0977. The van der Waals surface area contributed by atoms with E-state index in [2.05, 4.69) is 44.4 Å². The first-order valence-electron chi connectivity index (χ1n) is 10.7. The number of likely N-dealkylation sites (N-methyl/N-ethyl adjacent to an activating group) is 1. The minimum Gasteiger partial charge on any atom is -0.478 e. The summed E-state index contributed by atoms with van der Waals surface area (Å²) in [6, 6.07) is 7.23. The Balaban J connectivity index is 1.46. The van der Waals surface area contributed by atoms with Crippen LogP contribution in [0.1, 0.15) is 36.5 Å². The van der Waals surface area contributed by atoms with Gasteiger partial charge in [0, 0.05) is 38.4 Å². The molecule has 31 heavy (non-hydrogen) atoms. The molecule has 0 aromatic carbocycles. The number of anilines is 2. The molecule has 1 aliphatic heterocycles. The summed E-state index contributed by atoms with van der Waals surface area (Å²) in [6.07, 6.45) is 6.51. The van der Waals surface area contributed by atoms with Crippen molar-refractivity contribution in [3.8, 4) is 5.88 Å². The highest BCUT2D eigenvalue weighted by Gasteiger charge is 2.16. The highest BCUT2D eigenvalue weighted by atomic mass is 32.1. The van der Waals surface area contributed by atoms with Crippen molar-refractivity contribution in [2.24, 2.45) is 0 Å². The lowest BCUT2D eigenvalue weighted by Gasteiger charge is -2.33. The molecule has 0 saturated carbocycles. The molecule has 3 rings (SSSR count). The van der Waals surface area contributed by atoms with Gasteiger partial charge in [-0.1, -0.05) is 19.8 Å². The van der Waals surface area contributed by atoms with Crippen molar-refractivity contribution < 1.29 is 9.53 Å². The SMILES string of the molecule is CCCCCOc1ccc(NC(=S)NC(=O)c2ccc(N3CCN(C)CC3)nc2)cn1. The van der Waals surface area contributed by atoms with E-state index in [9.17, 15) is 4.79 Å². The highest BCUT2D eigenvalue weighted by Crippen LogP contribution is 2.14. The van der Waals surface area contributed by atoms with Crippen LogP contribution in [0.2, 0.25) is 0 Å². The number of unbranched alkanes of at least 4 members (excludes halogenated alkanes) is 2. The van der Waals surface area contributed by atoms with E-state index in [-0.39, 0.29) is 11.0 Å². The smallest absolute Gasteiger partial charge is 0.258 e. The molecule has 0 unspecified atom stereocenters. The van der Waals surface area contributed by atoms with E-state index in [0.29, 0.717) is 23.7 Å². The third kappa shape index (κ3) is 7.15. The number of amides is 1. The second-order valence-electron chi connectivity index (χ2n) is 7.54. The first kappa shape index (κ1) is 22.9. The summed E-state index contributed by atoms with van der Waals surface area (Å²) < 4.78 is 5.59. The molecule has 166 valence electrons. The number of hydrogen-bond acceptors (Lipinski definition) is 7. The number of hydrogen-bond donors (Lipinski definition) is 2. The van der Waals surface area contributed by atoms with Crippen molar-refractivity contribution in [3.63, 3.8) is 0 Å². The molecular formula is C22H30N6O2S. The molecule has 1 amide bonds. The third-order valence-corrected chi connectivity index (χ3v) is 5.26. The Morgan fingerprint density at radius 2 is 1.90 bits per heavy atom. The van der Waals surface area contributed by atoms with Crippen molar-refractivity contribution in [2.75, 3.05) is 50.1 Å². The minimum atomic E-state index is -0.307. The van der Waals surface area contributed by atoms with Crippen LogP contribution in [0.5, 0.6) is 5.88 Å². The number of carbonyl (C=O) groups is 1. The topological polar surface area (TPSA) is 82.6 Å². The molecule has 0 atom stereocenters. The number of nitrogens with one attached hydrogen (secondary N) is 2. The van der Waals surface area contributed by atoms with Crippen molar-refractivity contribution in [1.82, 2.24) is 20.2 Å². The Morgan fingerprint density at radius 3 is 2.55 bits per heavy atom. The maximum absolute atomic E-state index is 12.5. The molecule has 2 N–H and O–H groups in total. The maximum atomic E-state index is 12.5. The predicted octanol–water partition coefficient (Wildman–Crippen LogP) is 2.92. The number of rotatable bonds is 8. The van der Waals surface area contributed by atoms with E-state index in [1.165, 1.54) is 0 Å². The molecule has 2 aromatic rings. The van der Waals surface area contributed by atoms with Gasteiger partial charge in [0.25, 0.3) is 5.91 Å². The van der Waals surface area contributed by atoms with E-state index in [0.717, 1.165) is 51.3 Å². The molecule has 9 heteroatoms. The summed E-state index contributed by atoms with van der Waals surface area (Å²) in [4.78, 5) is 25.7. The number of pyridine rings is 2. The number of aromatic nitrogens is 2. The Hall–Kier alpha value is -2.78. The molecule has 0 aliphatic carbocycles. The summed E-state index contributed by atoms with van der Waals surface area (Å²) in [5.74, 6) is 1.15. The quantitative estimate of drug-likeness (QED) is 0.477. The summed E-state index contributed by atoms with van der Waals surface area (Å²) in [6.45, 7) is 6.68. The number of ether oxygens (including phenoxy) is 1. The van der Waals surface area contributed by atoms with Crippen LogP contribution in [-0.2, 0) is 0 Å². The van der Waals surface area contributed by atoms with Gasteiger partial charge in [-0.3, -0.25) is 10.1 Å². The molecule has 1 saturated heterocycles. The molecule has 3 heterocycles. The van der Waals surface area contributed by atoms with Gasteiger partial charge in [-0.25, -0.2) is 9.97 Å². The average molecular weight is 443 g/mol. The van der Waals surface area contributed by atoms with Crippen LogP contribution in [-0.4, -0.2) is 65.7 Å². The molecular weight excluding hydrogens is 412 g/mol. The predicted molar refractivity (Wildman–Crippen MR) is 127 cm³/mol. The summed E-state index contributed by atoms with van der Waals surface area (Å²) >= 11 is 5.25. The second-order valence-corrected chi connectivity index (χ2v) is 7.95. The summed E-state index contributed by atoms with van der Waals surface area (Å²) in [5, 5.41) is 5.84. The zero-order chi connectivity index (χ0) is 22.1. The van der Waals surface area contributed by atoms with Gasteiger partial charge in [-0.05, 0) is 43.9 Å². The largest absolute Gasteiger partial charge is 0.478 e. The van der Waals surface area contributed by atoms with Crippen molar-refractivity contribution in [3.05, 3.63) is 42.2 Å². The fraction of sp³-hybridized carbons (Fsp3) is 0.455. The van der Waals surface area contributed by atoms with Gasteiger partial charge in [-0.15, -0.1) is 0 Å². The van der Waals surface area contributed by atoms with E-state index in [1.54, 1.807) is 24.5 Å². The van der Waals surface area contributed by atoms with Crippen LogP contribution >= 0.6 is 12.2 Å². The van der Waals surface area contributed by atoms with Crippen molar-refractivity contribution in [2.45, 2.75) is 26.2 Å². The molecule has 0 radical (unpaired) electrons. The van der Waals surface area contributed by atoms with Gasteiger partial charge in [0.15, 0.2) is 5.11 Å². The van der Waals surface area contributed by atoms with Crippen LogP contribution in [0, 0.1) is 0 Å². The third-order valence-electron chi connectivity index (χ3n) is 5.06. The first-order valence-corrected chi connectivity index (χ1v) is 11.1. The van der Waals surface area contributed by atoms with Gasteiger partial charge in [0.2, 0.25) is 5.88 Å². The Morgan fingerprint density at radius 1 is 1.10 bits per heavy atom. The summed E-state index contributed by atoms with van der Waals surface area (Å²) in [5.41, 5.74) is 1.13. The van der Waals surface area contributed by atoms with Gasteiger partial charge in [0.05, 0.1) is 24.1 Å². The number of thiocarbonyl (C=S) groups is 1. The van der Waals surface area contributed by atoms with Crippen LogP contribution in [0.15, 0.2) is 36.7 Å². The van der Waals surface area contributed by atoms with Crippen molar-refractivity contribution >= 4 is 34.7 Å². The average Bonchev–Trinajstić information content (AvgIpc) is 2.78. The van der Waals surface area contributed by atoms with Crippen LogP contribution in [0.4, 0.5) is 11.5 Å². The van der Waals surface area contributed by atoms with E-state index >= 15 is 0 Å². The second kappa shape index (κ2) is 11.6. The van der Waals surface area contributed by atoms with E-state index < -0.39 is 0 Å². The number of nitrogens with zero attached hydrogens (tertiary/aromatic N) is 4. The van der Waals surface area contributed by atoms with Gasteiger partial charge >= 0.3 is 0 Å². The standard InChI is InChI=1S/C22H30N6O2S/c1-3-4-5-14-30-20-9-7-18(16-24-20)25-22(31)26-21(29)17-6-8-19(23-15-17)28-12-10-27(2)11-13-28/h6-9,15-16H,3-5,10-14H2,1-2H3,(H2,25,26,29,31). The zero-order valence-electron chi connectivity index (χ0n) is 18.1. The van der Waals surface area contributed by atoms with Crippen molar-refractivity contribution in [1.29, 1.82) is 0 Å². The van der Waals surface area contributed by atoms with E-state index in [1.807, 2.05) is 12.1 Å². The van der Waals surface area contributed by atoms with Gasteiger partial charge < -0.3 is 19.9 Å². The van der Waals surface area contributed by atoms with Gasteiger partial charge in [0.1, 0.15) is 5.82 Å². The lowest BCUT2D eigenvalue weighted by atomic mass is 10.2. The van der Waals surface area contributed by atoms with Crippen LogP contribution < -0.4 is 20.3 Å². The molecule has 8 nitrogen and oxygen atoms in total. The Labute approximate surface area is 189 Å². The number of carbonyl (C=O) groups excluding carboxylic acids is 1. The lowest BCUT2D eigenvalue weighted by Crippen LogP contribution is -2.44.